The van der Waals surface area contributed by atoms with E-state index in [1.165, 1.54) is 19.2 Å². The summed E-state index contributed by atoms with van der Waals surface area (Å²) in [5.41, 5.74) is 0.235. The lowest BCUT2D eigenvalue weighted by molar-refractivity contribution is -0.300. The number of rotatable bonds is 10. The molecule has 2 aliphatic rings. The Hall–Kier alpha value is -3.88. The predicted octanol–water partition coefficient (Wildman–Crippen LogP) is 0.0499. The maximum absolute atomic E-state index is 12.2. The molecule has 1 N–H and O–H groups in total. The number of methoxy groups -OCH3 is 1. The topological polar surface area (TPSA) is 181 Å². The Bertz CT molecular complexity index is 1070. The first-order valence-electron chi connectivity index (χ1n) is 11.6. The summed E-state index contributed by atoms with van der Waals surface area (Å²) in [4.78, 5) is 76.6. The van der Waals surface area contributed by atoms with Gasteiger partial charge in [-0.2, -0.15) is 0 Å². The second-order valence-electron chi connectivity index (χ2n) is 8.37. The van der Waals surface area contributed by atoms with Crippen LogP contribution >= 0.6 is 0 Å². The van der Waals surface area contributed by atoms with Gasteiger partial charge >= 0.3 is 23.9 Å². The molecule has 1 fully saturated rings. The Morgan fingerprint density at radius 2 is 1.47 bits per heavy atom. The summed E-state index contributed by atoms with van der Waals surface area (Å²) in [5, 5.41) is 11.0. The van der Waals surface area contributed by atoms with Gasteiger partial charge in [0.1, 0.15) is 18.8 Å². The van der Waals surface area contributed by atoms with Gasteiger partial charge in [0.05, 0.1) is 11.1 Å². The van der Waals surface area contributed by atoms with Crippen molar-refractivity contribution < 1.29 is 62.4 Å². The van der Waals surface area contributed by atoms with E-state index >= 15 is 0 Å². The number of aliphatic hydroxyl groups is 1. The number of aliphatic hydroxyl groups excluding tert-OH is 1. The van der Waals surface area contributed by atoms with Crippen LogP contribution in [0.15, 0.2) is 24.3 Å². The van der Waals surface area contributed by atoms with Crippen molar-refractivity contribution in [1.82, 2.24) is 5.06 Å². The maximum atomic E-state index is 12.2. The van der Waals surface area contributed by atoms with Gasteiger partial charge in [-0.15, -0.1) is 0 Å². The van der Waals surface area contributed by atoms with E-state index in [1.807, 2.05) is 0 Å². The molecule has 0 aliphatic carbocycles. The first-order valence-corrected chi connectivity index (χ1v) is 11.6. The molecule has 0 saturated carbocycles. The molecule has 1 aromatic rings. The number of benzene rings is 1. The molecule has 206 valence electrons. The molecule has 1 saturated heterocycles. The fourth-order valence-corrected chi connectivity index (χ4v) is 3.88. The molecule has 0 bridgehead atoms. The molecule has 5 atom stereocenters. The van der Waals surface area contributed by atoms with E-state index in [0.29, 0.717) is 5.06 Å². The largest absolute Gasteiger partial charge is 0.463 e. The third kappa shape index (κ3) is 6.70. The highest BCUT2D eigenvalue weighted by molar-refractivity contribution is 6.20. The molecule has 14 heteroatoms. The molecule has 0 radical (unpaired) electrons. The minimum absolute atomic E-state index is 0.0276. The van der Waals surface area contributed by atoms with Crippen molar-refractivity contribution >= 4 is 35.7 Å². The fraction of sp³-hybridized carbons (Fsp3) is 0.500. The van der Waals surface area contributed by atoms with E-state index < -0.39 is 73.0 Å². The van der Waals surface area contributed by atoms with Crippen LogP contribution in [0.25, 0.3) is 0 Å². The molecule has 1 aromatic carbocycles. The molecule has 2 amide bonds. The highest BCUT2D eigenvalue weighted by Crippen LogP contribution is 2.27. The number of hydroxylamine groups is 2. The standard InChI is InChI=1S/C24H27NO13/c1-12(26)35-20-19(30)16(37-24(33-3)21(20)36-13(2)27)11-34-17(28)9-6-10-18(29)38-25-22(31)14-7-4-5-8-15(14)23(25)32/h4-5,7-8,16,19-21,24,30H,6,9-11H2,1-3H3/t16-,19-,20+,21-,24+/m1/s1. The summed E-state index contributed by atoms with van der Waals surface area (Å²) in [5.74, 6) is -4.66. The Kier molecular flexibility index (Phi) is 9.50. The van der Waals surface area contributed by atoms with Crippen molar-refractivity contribution in [2.75, 3.05) is 13.7 Å². The van der Waals surface area contributed by atoms with Gasteiger partial charge in [0.25, 0.3) is 11.8 Å². The van der Waals surface area contributed by atoms with E-state index in [-0.39, 0.29) is 30.4 Å². The zero-order chi connectivity index (χ0) is 28.0. The van der Waals surface area contributed by atoms with E-state index in [0.717, 1.165) is 13.8 Å². The summed E-state index contributed by atoms with van der Waals surface area (Å²) in [7, 11) is 1.24. The van der Waals surface area contributed by atoms with Crippen molar-refractivity contribution in [3.05, 3.63) is 35.4 Å². The normalized spacial score (nSPS) is 24.4. The zero-order valence-corrected chi connectivity index (χ0v) is 20.8. The quantitative estimate of drug-likeness (QED) is 0.240. The number of esters is 3. The van der Waals surface area contributed by atoms with Crippen LogP contribution in [0, 0.1) is 0 Å². The number of amides is 2. The first kappa shape index (κ1) is 28.7. The van der Waals surface area contributed by atoms with E-state index in [4.69, 9.17) is 28.5 Å². The maximum Gasteiger partial charge on any atom is 0.333 e. The minimum Gasteiger partial charge on any atom is -0.463 e. The Balaban J connectivity index is 1.47. The second kappa shape index (κ2) is 12.6. The molecule has 0 spiro atoms. The van der Waals surface area contributed by atoms with Crippen LogP contribution in [0.1, 0.15) is 53.8 Å². The van der Waals surface area contributed by atoms with Crippen LogP contribution in [0.2, 0.25) is 0 Å². The van der Waals surface area contributed by atoms with Gasteiger partial charge in [0.2, 0.25) is 0 Å². The number of carbonyl (C=O) groups excluding carboxylic acids is 6. The van der Waals surface area contributed by atoms with Gasteiger partial charge in [-0.25, -0.2) is 4.79 Å². The monoisotopic (exact) mass is 537 g/mol. The summed E-state index contributed by atoms with van der Waals surface area (Å²) < 4.78 is 26.0. The lowest BCUT2D eigenvalue weighted by Crippen LogP contribution is -2.61. The Morgan fingerprint density at radius 1 is 0.921 bits per heavy atom. The van der Waals surface area contributed by atoms with Crippen molar-refractivity contribution in [2.45, 2.75) is 63.8 Å². The number of fused-ring (bicyclic) bond motifs is 1. The van der Waals surface area contributed by atoms with Gasteiger partial charge in [-0.3, -0.25) is 24.0 Å². The molecular formula is C24H27NO13. The number of hydrogen-bond acceptors (Lipinski definition) is 13. The van der Waals surface area contributed by atoms with Crippen molar-refractivity contribution in [1.29, 1.82) is 0 Å². The highest BCUT2D eigenvalue weighted by atomic mass is 16.7. The zero-order valence-electron chi connectivity index (χ0n) is 20.8. The fourth-order valence-electron chi connectivity index (χ4n) is 3.88. The van der Waals surface area contributed by atoms with Crippen LogP contribution in [-0.4, -0.2) is 90.3 Å². The van der Waals surface area contributed by atoms with Crippen LogP contribution in [0.4, 0.5) is 0 Å². The molecule has 0 aromatic heterocycles. The number of nitrogens with zero attached hydrogens (tertiary/aromatic N) is 1. The average Bonchev–Trinajstić information content (AvgIpc) is 3.10. The molecule has 3 rings (SSSR count). The van der Waals surface area contributed by atoms with Crippen LogP contribution < -0.4 is 0 Å². The third-order valence-electron chi connectivity index (χ3n) is 5.58. The smallest absolute Gasteiger partial charge is 0.333 e. The summed E-state index contributed by atoms with van der Waals surface area (Å²) in [6, 6.07) is 6.02. The van der Waals surface area contributed by atoms with E-state index in [1.54, 1.807) is 12.1 Å². The van der Waals surface area contributed by atoms with Gasteiger partial charge < -0.3 is 33.6 Å². The predicted molar refractivity (Wildman–Crippen MR) is 121 cm³/mol. The molecule has 2 aliphatic heterocycles. The molecule has 38 heavy (non-hydrogen) atoms. The van der Waals surface area contributed by atoms with Crippen LogP contribution in [0.5, 0.6) is 0 Å². The van der Waals surface area contributed by atoms with Gasteiger partial charge in [-0.05, 0) is 18.6 Å². The summed E-state index contributed by atoms with van der Waals surface area (Å²) in [6.45, 7) is 1.75. The third-order valence-corrected chi connectivity index (χ3v) is 5.58. The average molecular weight is 537 g/mol. The van der Waals surface area contributed by atoms with E-state index in [2.05, 4.69) is 0 Å². The molecule has 2 heterocycles. The lowest BCUT2D eigenvalue weighted by atomic mass is 9.98. The minimum atomic E-state index is -1.53. The number of ether oxygens (including phenoxy) is 5. The van der Waals surface area contributed by atoms with Gasteiger partial charge in [0, 0.05) is 33.8 Å². The Morgan fingerprint density at radius 3 is 2.03 bits per heavy atom. The summed E-state index contributed by atoms with van der Waals surface area (Å²) in [6.07, 6.45) is -7.14. The molecular weight excluding hydrogens is 510 g/mol. The van der Waals surface area contributed by atoms with Crippen molar-refractivity contribution in [3.63, 3.8) is 0 Å². The SMILES string of the molecule is CO[C@H]1O[C@H](COC(=O)CCCC(=O)ON2C(=O)c3ccccc3C2=O)[C@@H](O)[C@H](OC(C)=O)[C@H]1OC(C)=O. The summed E-state index contributed by atoms with van der Waals surface area (Å²) >= 11 is 0. The van der Waals surface area contributed by atoms with Crippen LogP contribution in [-0.2, 0) is 47.7 Å². The highest BCUT2D eigenvalue weighted by Gasteiger charge is 2.50. The second-order valence-corrected chi connectivity index (χ2v) is 8.37. The first-order chi connectivity index (χ1) is 18.0. The molecule has 14 nitrogen and oxygen atoms in total. The van der Waals surface area contributed by atoms with Crippen LogP contribution in [0.3, 0.4) is 0 Å². The van der Waals surface area contributed by atoms with Crippen molar-refractivity contribution in [2.24, 2.45) is 0 Å². The van der Waals surface area contributed by atoms with Gasteiger partial charge in [0.15, 0.2) is 18.5 Å². The number of imide groups is 1. The van der Waals surface area contributed by atoms with Crippen molar-refractivity contribution in [3.8, 4) is 0 Å². The van der Waals surface area contributed by atoms with E-state index in [9.17, 15) is 33.9 Å². The molecule has 0 unspecified atom stereocenters. The Labute approximate surface area is 216 Å². The number of hydrogen-bond donors (Lipinski definition) is 1. The lowest BCUT2D eigenvalue weighted by Gasteiger charge is -2.42. The van der Waals surface area contributed by atoms with Gasteiger partial charge in [-0.1, -0.05) is 17.2 Å². The number of carbonyl (C=O) groups is 6.